The van der Waals surface area contributed by atoms with Crippen molar-refractivity contribution in [1.82, 2.24) is 4.98 Å². The number of hydrogen-bond acceptors (Lipinski definition) is 2. The fourth-order valence-electron chi connectivity index (χ4n) is 2.25. The largest absolute Gasteiger partial charge is 0.379 e. The fraction of sp³-hybridized carbons (Fsp3) is 0.353. The highest BCUT2D eigenvalue weighted by Gasteiger charge is 2.32. The zero-order valence-corrected chi connectivity index (χ0v) is 12.6. The Morgan fingerprint density at radius 2 is 1.85 bits per heavy atom. The highest BCUT2D eigenvalue weighted by atomic mass is 35.5. The van der Waals surface area contributed by atoms with Gasteiger partial charge in [-0.2, -0.15) is 0 Å². The molecule has 3 heteroatoms. The minimum Gasteiger partial charge on any atom is -0.379 e. The van der Waals surface area contributed by atoms with Crippen LogP contribution < -0.4 is 0 Å². The molecule has 1 aromatic heterocycles. The van der Waals surface area contributed by atoms with E-state index < -0.39 is 5.60 Å². The molecular formula is C17H20ClNO. The lowest BCUT2D eigenvalue weighted by molar-refractivity contribution is 0.0604. The van der Waals surface area contributed by atoms with Crippen LogP contribution in [0, 0.1) is 5.92 Å². The van der Waals surface area contributed by atoms with E-state index in [9.17, 15) is 5.11 Å². The predicted octanol–water partition coefficient (Wildman–Crippen LogP) is 4.41. The van der Waals surface area contributed by atoms with E-state index in [1.807, 2.05) is 30.3 Å². The molecule has 0 aliphatic heterocycles. The van der Waals surface area contributed by atoms with Gasteiger partial charge in [-0.3, -0.25) is 4.98 Å². The smallest absolute Gasteiger partial charge is 0.131 e. The average Bonchev–Trinajstić information content (AvgIpc) is 2.46. The number of pyridine rings is 1. The first kappa shape index (κ1) is 15.0. The lowest BCUT2D eigenvalue weighted by Crippen LogP contribution is -2.29. The minimum atomic E-state index is -1.06. The highest BCUT2D eigenvalue weighted by Crippen LogP contribution is 2.34. The van der Waals surface area contributed by atoms with Crippen LogP contribution in [0.5, 0.6) is 0 Å². The molecule has 1 N–H and O–H groups in total. The molecule has 0 saturated carbocycles. The van der Waals surface area contributed by atoms with E-state index in [1.54, 1.807) is 18.3 Å². The molecule has 2 rings (SSSR count). The van der Waals surface area contributed by atoms with Crippen LogP contribution in [0.1, 0.15) is 37.9 Å². The van der Waals surface area contributed by atoms with Gasteiger partial charge in [-0.05, 0) is 48.6 Å². The second kappa shape index (κ2) is 6.38. The first-order valence-electron chi connectivity index (χ1n) is 6.92. The summed E-state index contributed by atoms with van der Waals surface area (Å²) >= 11 is 5.94. The lowest BCUT2D eigenvalue weighted by atomic mass is 9.84. The Bertz CT molecular complexity index is 539. The second-order valence-corrected chi connectivity index (χ2v) is 5.95. The van der Waals surface area contributed by atoms with Gasteiger partial charge in [0.05, 0.1) is 5.69 Å². The molecule has 20 heavy (non-hydrogen) atoms. The molecule has 2 aromatic rings. The van der Waals surface area contributed by atoms with Gasteiger partial charge in [0.25, 0.3) is 0 Å². The summed E-state index contributed by atoms with van der Waals surface area (Å²) in [6.45, 7) is 4.31. The standard InChI is InChI=1S/C17H20ClNO/c1-13(2)10-11-17(20,16-5-3-4-12-19-16)14-6-8-15(18)9-7-14/h3-9,12-13,20H,10-11H2,1-2H3. The number of aliphatic hydroxyl groups is 1. The topological polar surface area (TPSA) is 33.1 Å². The Hall–Kier alpha value is -1.38. The van der Waals surface area contributed by atoms with E-state index in [-0.39, 0.29) is 0 Å². The normalized spacial score (nSPS) is 14.2. The molecule has 0 fully saturated rings. The third kappa shape index (κ3) is 3.38. The van der Waals surface area contributed by atoms with E-state index >= 15 is 0 Å². The Labute approximate surface area is 125 Å². The van der Waals surface area contributed by atoms with Crippen molar-refractivity contribution in [2.45, 2.75) is 32.3 Å². The summed E-state index contributed by atoms with van der Waals surface area (Å²) in [5.41, 5.74) is 0.458. The van der Waals surface area contributed by atoms with Gasteiger partial charge in [0.15, 0.2) is 0 Å². The molecule has 0 amide bonds. The van der Waals surface area contributed by atoms with E-state index in [1.165, 1.54) is 0 Å². The maximum absolute atomic E-state index is 11.2. The van der Waals surface area contributed by atoms with Crippen LogP contribution in [0.3, 0.4) is 0 Å². The van der Waals surface area contributed by atoms with E-state index in [0.717, 1.165) is 12.0 Å². The summed E-state index contributed by atoms with van der Waals surface area (Å²) in [7, 11) is 0. The Morgan fingerprint density at radius 1 is 1.15 bits per heavy atom. The third-order valence-corrected chi connectivity index (χ3v) is 3.75. The van der Waals surface area contributed by atoms with Gasteiger partial charge in [-0.15, -0.1) is 0 Å². The molecule has 0 bridgehead atoms. The molecule has 1 atom stereocenters. The molecule has 0 aliphatic rings. The van der Waals surface area contributed by atoms with Crippen LogP contribution in [0.4, 0.5) is 0 Å². The SMILES string of the molecule is CC(C)CCC(O)(c1ccc(Cl)cc1)c1ccccn1. The average molecular weight is 290 g/mol. The molecule has 2 nitrogen and oxygen atoms in total. The van der Waals surface area contributed by atoms with E-state index in [0.29, 0.717) is 23.1 Å². The summed E-state index contributed by atoms with van der Waals surface area (Å²) in [4.78, 5) is 4.34. The van der Waals surface area contributed by atoms with E-state index in [4.69, 9.17) is 11.6 Å². The second-order valence-electron chi connectivity index (χ2n) is 5.51. The molecule has 0 saturated heterocycles. The van der Waals surface area contributed by atoms with Gasteiger partial charge in [-0.25, -0.2) is 0 Å². The van der Waals surface area contributed by atoms with Crippen LogP contribution in [-0.4, -0.2) is 10.1 Å². The minimum absolute atomic E-state index is 0.525. The monoisotopic (exact) mass is 289 g/mol. The number of halogens is 1. The third-order valence-electron chi connectivity index (χ3n) is 3.49. The summed E-state index contributed by atoms with van der Waals surface area (Å²) in [6, 6.07) is 13.0. The highest BCUT2D eigenvalue weighted by molar-refractivity contribution is 6.30. The summed E-state index contributed by atoms with van der Waals surface area (Å²) in [5.74, 6) is 0.525. The Kier molecular flexibility index (Phi) is 4.79. The lowest BCUT2D eigenvalue weighted by Gasteiger charge is -2.29. The predicted molar refractivity (Wildman–Crippen MR) is 82.8 cm³/mol. The number of hydrogen-bond donors (Lipinski definition) is 1. The quantitative estimate of drug-likeness (QED) is 0.884. The summed E-state index contributed by atoms with van der Waals surface area (Å²) in [5, 5.41) is 11.9. The first-order chi connectivity index (χ1) is 9.52. The van der Waals surface area contributed by atoms with Crippen LogP contribution in [-0.2, 0) is 5.60 Å². The van der Waals surface area contributed by atoms with Gasteiger partial charge in [0, 0.05) is 11.2 Å². The van der Waals surface area contributed by atoms with Crippen LogP contribution >= 0.6 is 11.6 Å². The van der Waals surface area contributed by atoms with Gasteiger partial charge in [0.2, 0.25) is 0 Å². The molecule has 1 heterocycles. The number of aromatic nitrogens is 1. The van der Waals surface area contributed by atoms with Gasteiger partial charge in [-0.1, -0.05) is 43.6 Å². The number of nitrogens with zero attached hydrogens (tertiary/aromatic N) is 1. The fourth-order valence-corrected chi connectivity index (χ4v) is 2.38. The first-order valence-corrected chi connectivity index (χ1v) is 7.30. The maximum atomic E-state index is 11.2. The van der Waals surface area contributed by atoms with Crippen molar-refractivity contribution in [3.05, 3.63) is 64.9 Å². The number of benzene rings is 1. The van der Waals surface area contributed by atoms with E-state index in [2.05, 4.69) is 18.8 Å². The molecule has 0 radical (unpaired) electrons. The molecule has 1 unspecified atom stereocenters. The summed E-state index contributed by atoms with van der Waals surface area (Å²) in [6.07, 6.45) is 3.28. The molecule has 1 aromatic carbocycles. The van der Waals surface area contributed by atoms with Crippen molar-refractivity contribution in [2.75, 3.05) is 0 Å². The van der Waals surface area contributed by atoms with Crippen molar-refractivity contribution in [3.63, 3.8) is 0 Å². The van der Waals surface area contributed by atoms with Crippen molar-refractivity contribution in [3.8, 4) is 0 Å². The molecule has 106 valence electrons. The Balaban J connectivity index is 2.40. The number of rotatable bonds is 5. The van der Waals surface area contributed by atoms with Crippen molar-refractivity contribution >= 4 is 11.6 Å². The zero-order chi connectivity index (χ0) is 14.6. The molecular weight excluding hydrogens is 270 g/mol. The van der Waals surface area contributed by atoms with Gasteiger partial charge < -0.3 is 5.11 Å². The van der Waals surface area contributed by atoms with Crippen molar-refractivity contribution in [1.29, 1.82) is 0 Å². The summed E-state index contributed by atoms with van der Waals surface area (Å²) < 4.78 is 0. The van der Waals surface area contributed by atoms with Crippen LogP contribution in [0.2, 0.25) is 5.02 Å². The van der Waals surface area contributed by atoms with Crippen LogP contribution in [0.25, 0.3) is 0 Å². The maximum Gasteiger partial charge on any atom is 0.131 e. The Morgan fingerprint density at radius 3 is 2.40 bits per heavy atom. The van der Waals surface area contributed by atoms with Gasteiger partial charge in [0.1, 0.15) is 5.60 Å². The van der Waals surface area contributed by atoms with Crippen molar-refractivity contribution in [2.24, 2.45) is 5.92 Å². The zero-order valence-electron chi connectivity index (χ0n) is 11.9. The molecule has 0 spiro atoms. The molecule has 0 aliphatic carbocycles. The van der Waals surface area contributed by atoms with Crippen LogP contribution in [0.15, 0.2) is 48.7 Å². The van der Waals surface area contributed by atoms with Crippen molar-refractivity contribution < 1.29 is 5.11 Å². The van der Waals surface area contributed by atoms with Gasteiger partial charge >= 0.3 is 0 Å².